The maximum Gasteiger partial charge on any atom is 0.414 e. The van der Waals surface area contributed by atoms with Crippen LogP contribution < -0.4 is 9.64 Å². The van der Waals surface area contributed by atoms with Gasteiger partial charge in [0.15, 0.2) is 0 Å². The van der Waals surface area contributed by atoms with Crippen LogP contribution in [0, 0.1) is 34.5 Å². The van der Waals surface area contributed by atoms with Crippen LogP contribution >= 0.6 is 0 Å². The number of anilines is 1. The molecule has 1 aromatic carbocycles. The van der Waals surface area contributed by atoms with E-state index < -0.39 is 0 Å². The van der Waals surface area contributed by atoms with Gasteiger partial charge in [0.25, 0.3) is 0 Å². The highest BCUT2D eigenvalue weighted by atomic mass is 16.6. The minimum Gasteiger partial charge on any atom is -0.497 e. The topological polar surface area (TPSA) is 59.0 Å². The van der Waals surface area contributed by atoms with Crippen molar-refractivity contribution in [1.29, 1.82) is 0 Å². The van der Waals surface area contributed by atoms with Crippen LogP contribution in [0.15, 0.2) is 35.9 Å². The Morgan fingerprint density at radius 2 is 1.79 bits per heavy atom. The lowest BCUT2D eigenvalue weighted by Gasteiger charge is -2.58. The van der Waals surface area contributed by atoms with E-state index in [1.165, 1.54) is 24.8 Å². The molecule has 1 unspecified atom stereocenters. The molecular formula is C29H39NO4. The highest BCUT2D eigenvalue weighted by molar-refractivity contribution is 5.89. The fourth-order valence-corrected chi connectivity index (χ4v) is 8.96. The molecule has 5 aliphatic rings. The summed E-state index contributed by atoms with van der Waals surface area (Å²) >= 11 is 0. The number of carbonyl (C=O) groups excluding carboxylic acids is 1. The Hall–Kier alpha value is -2.01. The van der Waals surface area contributed by atoms with Gasteiger partial charge in [-0.1, -0.05) is 25.5 Å². The average molecular weight is 466 g/mol. The first kappa shape index (κ1) is 22.5. The maximum atomic E-state index is 12.9. The van der Waals surface area contributed by atoms with Gasteiger partial charge in [-0.15, -0.1) is 0 Å². The lowest BCUT2D eigenvalue weighted by molar-refractivity contribution is -0.0657. The quantitative estimate of drug-likeness (QED) is 0.560. The van der Waals surface area contributed by atoms with E-state index in [1.807, 2.05) is 24.3 Å². The fraction of sp³-hybridized carbons (Fsp3) is 0.690. The number of cyclic esters (lactones) is 1. The van der Waals surface area contributed by atoms with Gasteiger partial charge in [-0.3, -0.25) is 4.90 Å². The molecule has 1 heterocycles. The molecule has 34 heavy (non-hydrogen) atoms. The first-order valence-electron chi connectivity index (χ1n) is 13.3. The molecule has 6 rings (SSSR count). The number of rotatable bonds is 3. The lowest BCUT2D eigenvalue weighted by Crippen LogP contribution is -2.51. The zero-order valence-electron chi connectivity index (χ0n) is 20.8. The van der Waals surface area contributed by atoms with E-state index >= 15 is 0 Å². The first-order chi connectivity index (χ1) is 16.3. The number of hydrogen-bond donors (Lipinski definition) is 1. The van der Waals surface area contributed by atoms with Gasteiger partial charge in [0.1, 0.15) is 11.9 Å². The Morgan fingerprint density at radius 3 is 2.56 bits per heavy atom. The zero-order chi connectivity index (χ0) is 23.7. The van der Waals surface area contributed by atoms with E-state index in [-0.39, 0.29) is 29.1 Å². The molecule has 1 amide bonds. The number of aliphatic hydroxyl groups excluding tert-OH is 1. The normalized spacial score (nSPS) is 43.5. The molecule has 0 bridgehead atoms. The smallest absolute Gasteiger partial charge is 0.414 e. The van der Waals surface area contributed by atoms with Gasteiger partial charge in [-0.25, -0.2) is 4.79 Å². The molecule has 5 heteroatoms. The summed E-state index contributed by atoms with van der Waals surface area (Å²) in [6.45, 7) is 5.63. The van der Waals surface area contributed by atoms with Crippen molar-refractivity contribution in [1.82, 2.24) is 0 Å². The molecule has 4 fully saturated rings. The van der Waals surface area contributed by atoms with Crippen LogP contribution in [0.4, 0.5) is 10.5 Å². The predicted octanol–water partition coefficient (Wildman–Crippen LogP) is 5.96. The summed E-state index contributed by atoms with van der Waals surface area (Å²) in [5.74, 6) is 3.38. The number of aliphatic hydroxyl groups is 1. The summed E-state index contributed by atoms with van der Waals surface area (Å²) in [6, 6.07) is 7.70. The predicted molar refractivity (Wildman–Crippen MR) is 132 cm³/mol. The summed E-state index contributed by atoms with van der Waals surface area (Å²) in [4.78, 5) is 14.7. The van der Waals surface area contributed by atoms with Crippen molar-refractivity contribution in [2.24, 2.45) is 34.5 Å². The third kappa shape index (κ3) is 3.26. The van der Waals surface area contributed by atoms with E-state index in [0.717, 1.165) is 55.4 Å². The summed E-state index contributed by atoms with van der Waals surface area (Å²) < 4.78 is 11.3. The maximum absolute atomic E-state index is 12.9. The monoisotopic (exact) mass is 465 g/mol. The van der Waals surface area contributed by atoms with Crippen molar-refractivity contribution < 1.29 is 19.4 Å². The van der Waals surface area contributed by atoms with Crippen LogP contribution in [0.5, 0.6) is 5.75 Å². The average Bonchev–Trinajstić information content (AvgIpc) is 3.39. The standard InChI is InChI=1S/C29H39NO4/c1-28-14-12-20(31)16-18(28)4-9-22-23-10-11-25(29(23,2)15-13-24(22)28)26-17-30(27(32)34-26)19-5-7-21(33-3)8-6-19/h4-8,20,22-26,31H,9-17H2,1-3H3/t20-,22-,23-,24-,25+,26?,28-,29-/m0/s1. The summed E-state index contributed by atoms with van der Waals surface area (Å²) in [5, 5.41) is 10.3. The van der Waals surface area contributed by atoms with E-state index in [2.05, 4.69) is 19.9 Å². The van der Waals surface area contributed by atoms with Crippen LogP contribution in [0.25, 0.3) is 0 Å². The van der Waals surface area contributed by atoms with Gasteiger partial charge in [0, 0.05) is 11.6 Å². The van der Waals surface area contributed by atoms with Crippen molar-refractivity contribution in [3.05, 3.63) is 35.9 Å². The lowest BCUT2D eigenvalue weighted by atomic mass is 9.47. The number of fused-ring (bicyclic) bond motifs is 5. The van der Waals surface area contributed by atoms with Gasteiger partial charge in [0.2, 0.25) is 0 Å². The largest absolute Gasteiger partial charge is 0.497 e. The second-order valence-electron chi connectivity index (χ2n) is 12.1. The third-order valence-electron chi connectivity index (χ3n) is 10.8. The van der Waals surface area contributed by atoms with Gasteiger partial charge in [-0.05, 0) is 104 Å². The van der Waals surface area contributed by atoms with E-state index in [1.54, 1.807) is 12.0 Å². The van der Waals surface area contributed by atoms with Crippen molar-refractivity contribution in [2.75, 3.05) is 18.6 Å². The molecule has 1 aliphatic heterocycles. The number of benzene rings is 1. The van der Waals surface area contributed by atoms with Crippen LogP contribution in [-0.4, -0.2) is 37.1 Å². The van der Waals surface area contributed by atoms with Gasteiger partial charge < -0.3 is 14.6 Å². The van der Waals surface area contributed by atoms with Crippen LogP contribution in [0.3, 0.4) is 0 Å². The van der Waals surface area contributed by atoms with Crippen molar-refractivity contribution >= 4 is 11.8 Å². The molecule has 184 valence electrons. The molecule has 8 atom stereocenters. The summed E-state index contributed by atoms with van der Waals surface area (Å²) in [5.41, 5.74) is 2.92. The number of allylic oxidation sites excluding steroid dienone is 1. The highest BCUT2D eigenvalue weighted by Crippen LogP contribution is 2.67. The number of amides is 1. The van der Waals surface area contributed by atoms with Gasteiger partial charge in [0.05, 0.1) is 19.8 Å². The van der Waals surface area contributed by atoms with E-state index in [0.29, 0.717) is 18.4 Å². The molecule has 0 radical (unpaired) electrons. The number of carbonyl (C=O) groups is 1. The number of methoxy groups -OCH3 is 1. The Kier molecular flexibility index (Phi) is 5.29. The molecule has 0 aromatic heterocycles. The molecule has 1 aromatic rings. The minimum absolute atomic E-state index is 0.0312. The second kappa shape index (κ2) is 8.01. The molecule has 4 aliphatic carbocycles. The molecule has 3 saturated carbocycles. The molecular weight excluding hydrogens is 426 g/mol. The molecule has 0 spiro atoms. The van der Waals surface area contributed by atoms with Crippen molar-refractivity contribution in [3.8, 4) is 5.75 Å². The number of nitrogens with zero attached hydrogens (tertiary/aromatic N) is 1. The van der Waals surface area contributed by atoms with E-state index in [4.69, 9.17) is 9.47 Å². The van der Waals surface area contributed by atoms with Crippen LogP contribution in [-0.2, 0) is 4.74 Å². The molecule has 1 N–H and O–H groups in total. The third-order valence-corrected chi connectivity index (χ3v) is 10.8. The Bertz CT molecular complexity index is 988. The Morgan fingerprint density at radius 1 is 1.03 bits per heavy atom. The molecule has 1 saturated heterocycles. The zero-order valence-corrected chi connectivity index (χ0v) is 20.8. The number of hydrogen-bond acceptors (Lipinski definition) is 4. The van der Waals surface area contributed by atoms with Gasteiger partial charge in [-0.2, -0.15) is 0 Å². The summed E-state index contributed by atoms with van der Waals surface area (Å²) in [6.07, 6.45) is 11.1. The second-order valence-corrected chi connectivity index (χ2v) is 12.1. The van der Waals surface area contributed by atoms with E-state index in [9.17, 15) is 9.90 Å². The Balaban J connectivity index is 1.21. The minimum atomic E-state index is -0.214. The van der Waals surface area contributed by atoms with Gasteiger partial charge >= 0.3 is 6.09 Å². The highest BCUT2D eigenvalue weighted by Gasteiger charge is 2.61. The van der Waals surface area contributed by atoms with Crippen molar-refractivity contribution in [3.63, 3.8) is 0 Å². The SMILES string of the molecule is COc1ccc(N2CC([C@H]3CC[C@H]4[C@@H]5CC=C6C[C@@H](O)CC[C@]6(C)[C@H]5CC[C@]34C)OC2=O)cc1. The van der Waals surface area contributed by atoms with Crippen molar-refractivity contribution in [2.45, 2.75) is 77.4 Å². The van der Waals surface area contributed by atoms with Crippen LogP contribution in [0.1, 0.15) is 65.2 Å². The number of ether oxygens (including phenoxy) is 2. The van der Waals surface area contributed by atoms with Crippen LogP contribution in [0.2, 0.25) is 0 Å². The molecule has 5 nitrogen and oxygen atoms in total. The Labute approximate surface area is 203 Å². The fourth-order valence-electron chi connectivity index (χ4n) is 8.96. The summed E-state index contributed by atoms with van der Waals surface area (Å²) in [7, 11) is 1.65. The first-order valence-corrected chi connectivity index (χ1v) is 13.3.